The number of carbonyl (C=O) groups is 1. The van der Waals surface area contributed by atoms with E-state index in [0.717, 1.165) is 17.0 Å². The Kier molecular flexibility index (Phi) is 5.05. The summed E-state index contributed by atoms with van der Waals surface area (Å²) in [5, 5.41) is 6.08. The molecular formula is C21H18ClN5O2. The highest BCUT2D eigenvalue weighted by atomic mass is 35.5. The number of amides is 2. The van der Waals surface area contributed by atoms with Crippen molar-refractivity contribution in [3.05, 3.63) is 71.6 Å². The van der Waals surface area contributed by atoms with Crippen molar-refractivity contribution in [3.8, 4) is 17.0 Å². The van der Waals surface area contributed by atoms with E-state index in [4.69, 9.17) is 16.3 Å². The van der Waals surface area contributed by atoms with Gasteiger partial charge in [0.1, 0.15) is 5.75 Å². The summed E-state index contributed by atoms with van der Waals surface area (Å²) in [7, 11) is 1.53. The van der Waals surface area contributed by atoms with E-state index < -0.39 is 6.03 Å². The summed E-state index contributed by atoms with van der Waals surface area (Å²) >= 11 is 6.01. The molecule has 29 heavy (non-hydrogen) atoms. The van der Waals surface area contributed by atoms with Crippen LogP contribution in [0.25, 0.3) is 17.0 Å². The summed E-state index contributed by atoms with van der Waals surface area (Å²) in [5.74, 6) is 1.15. The largest absolute Gasteiger partial charge is 0.495 e. The van der Waals surface area contributed by atoms with Crippen molar-refractivity contribution in [2.45, 2.75) is 6.92 Å². The predicted molar refractivity (Wildman–Crippen MR) is 114 cm³/mol. The molecule has 2 amide bonds. The topological polar surface area (TPSA) is 80.5 Å². The second-order valence-corrected chi connectivity index (χ2v) is 6.78. The molecule has 0 aliphatic carbocycles. The first-order valence-corrected chi connectivity index (χ1v) is 9.24. The van der Waals surface area contributed by atoms with Crippen molar-refractivity contribution in [3.63, 3.8) is 0 Å². The Morgan fingerprint density at radius 2 is 2.00 bits per heavy atom. The molecule has 0 fully saturated rings. The van der Waals surface area contributed by atoms with Crippen molar-refractivity contribution in [2.75, 3.05) is 17.7 Å². The molecule has 0 unspecified atom stereocenters. The summed E-state index contributed by atoms with van der Waals surface area (Å²) in [6, 6.07) is 13.9. The summed E-state index contributed by atoms with van der Waals surface area (Å²) < 4.78 is 7.18. The average molecular weight is 408 g/mol. The number of nitrogens with one attached hydrogen (secondary N) is 2. The summed E-state index contributed by atoms with van der Waals surface area (Å²) in [6.45, 7) is 1.98. The summed E-state index contributed by atoms with van der Waals surface area (Å²) in [5.41, 5.74) is 3.77. The van der Waals surface area contributed by atoms with Gasteiger partial charge < -0.3 is 15.4 Å². The number of methoxy groups -OCH3 is 1. The van der Waals surface area contributed by atoms with Crippen LogP contribution in [0.4, 0.5) is 16.2 Å². The Balaban J connectivity index is 1.57. The van der Waals surface area contributed by atoms with Gasteiger partial charge in [0.15, 0.2) is 0 Å². The Bertz CT molecular complexity index is 1200. The Morgan fingerprint density at radius 3 is 2.79 bits per heavy atom. The van der Waals surface area contributed by atoms with Gasteiger partial charge in [0, 0.05) is 34.4 Å². The molecule has 146 valence electrons. The lowest BCUT2D eigenvalue weighted by molar-refractivity contribution is 0.262. The summed E-state index contributed by atoms with van der Waals surface area (Å²) in [6.07, 6.45) is 3.63. The third-order valence-electron chi connectivity index (χ3n) is 4.45. The minimum absolute atomic E-state index is 0.406. The van der Waals surface area contributed by atoms with E-state index in [1.54, 1.807) is 24.4 Å². The number of halogens is 1. The molecule has 0 atom stereocenters. The number of imidazole rings is 1. The van der Waals surface area contributed by atoms with Crippen LogP contribution < -0.4 is 15.4 Å². The van der Waals surface area contributed by atoms with Gasteiger partial charge in [-0.3, -0.25) is 4.40 Å². The molecule has 0 bridgehead atoms. The number of aromatic nitrogens is 3. The lowest BCUT2D eigenvalue weighted by atomic mass is 10.1. The van der Waals surface area contributed by atoms with Gasteiger partial charge in [0.05, 0.1) is 18.5 Å². The maximum absolute atomic E-state index is 12.5. The third-order valence-corrected chi connectivity index (χ3v) is 4.68. The molecule has 2 heterocycles. The number of hydrogen-bond donors (Lipinski definition) is 2. The van der Waals surface area contributed by atoms with Crippen LogP contribution in [0.3, 0.4) is 0 Å². The highest BCUT2D eigenvalue weighted by molar-refractivity contribution is 6.31. The zero-order chi connectivity index (χ0) is 20.4. The first-order valence-electron chi connectivity index (χ1n) is 8.87. The normalized spacial score (nSPS) is 10.7. The van der Waals surface area contributed by atoms with Gasteiger partial charge in [0.25, 0.3) is 0 Å². The zero-order valence-electron chi connectivity index (χ0n) is 15.8. The number of carbonyl (C=O) groups excluding carboxylic acids is 1. The minimum Gasteiger partial charge on any atom is -0.495 e. The molecule has 2 aromatic carbocycles. The van der Waals surface area contributed by atoms with Crippen LogP contribution in [0.2, 0.25) is 5.02 Å². The van der Waals surface area contributed by atoms with Gasteiger partial charge in [-0.2, -0.15) is 0 Å². The van der Waals surface area contributed by atoms with E-state index in [0.29, 0.717) is 27.9 Å². The molecule has 0 aliphatic heterocycles. The lowest BCUT2D eigenvalue weighted by Crippen LogP contribution is -2.19. The van der Waals surface area contributed by atoms with Crippen molar-refractivity contribution < 1.29 is 9.53 Å². The highest BCUT2D eigenvalue weighted by Crippen LogP contribution is 2.28. The number of rotatable bonds is 4. The molecule has 0 saturated carbocycles. The second-order valence-electron chi connectivity index (χ2n) is 6.34. The molecule has 0 radical (unpaired) electrons. The third kappa shape index (κ3) is 3.86. The van der Waals surface area contributed by atoms with E-state index in [-0.39, 0.29) is 0 Å². The number of urea groups is 1. The molecule has 4 rings (SSSR count). The monoisotopic (exact) mass is 407 g/mol. The number of benzene rings is 2. The number of anilines is 2. The molecule has 0 aliphatic rings. The zero-order valence-corrected chi connectivity index (χ0v) is 16.6. The van der Waals surface area contributed by atoms with Gasteiger partial charge in [-0.15, -0.1) is 0 Å². The Hall–Kier alpha value is -3.58. The molecule has 2 aromatic heterocycles. The molecule has 7 nitrogen and oxygen atoms in total. The highest BCUT2D eigenvalue weighted by Gasteiger charge is 2.13. The number of nitrogens with zero attached hydrogens (tertiary/aromatic N) is 3. The molecule has 4 aromatic rings. The van der Waals surface area contributed by atoms with E-state index >= 15 is 0 Å². The molecular weight excluding hydrogens is 390 g/mol. The van der Waals surface area contributed by atoms with E-state index in [1.807, 2.05) is 47.9 Å². The molecule has 8 heteroatoms. The maximum atomic E-state index is 12.5. The first kappa shape index (κ1) is 18.8. The average Bonchev–Trinajstić information content (AvgIpc) is 3.05. The van der Waals surface area contributed by atoms with Gasteiger partial charge in [-0.1, -0.05) is 23.7 Å². The Labute approximate surface area is 172 Å². The fourth-order valence-electron chi connectivity index (χ4n) is 3.08. The van der Waals surface area contributed by atoms with Gasteiger partial charge in [0.2, 0.25) is 5.78 Å². The van der Waals surface area contributed by atoms with Gasteiger partial charge in [-0.25, -0.2) is 14.8 Å². The van der Waals surface area contributed by atoms with Crippen LogP contribution in [0.5, 0.6) is 5.75 Å². The first-order chi connectivity index (χ1) is 14.0. The van der Waals surface area contributed by atoms with Crippen molar-refractivity contribution in [1.29, 1.82) is 0 Å². The fraction of sp³-hybridized carbons (Fsp3) is 0.0952. The smallest absolute Gasteiger partial charge is 0.323 e. The van der Waals surface area contributed by atoms with E-state index in [1.165, 1.54) is 7.11 Å². The maximum Gasteiger partial charge on any atom is 0.323 e. The van der Waals surface area contributed by atoms with E-state index in [9.17, 15) is 4.79 Å². The minimum atomic E-state index is -0.406. The molecule has 0 spiro atoms. The van der Waals surface area contributed by atoms with Crippen LogP contribution in [-0.4, -0.2) is 27.5 Å². The van der Waals surface area contributed by atoms with Crippen molar-refractivity contribution in [2.24, 2.45) is 0 Å². The van der Waals surface area contributed by atoms with E-state index in [2.05, 4.69) is 20.6 Å². The second kappa shape index (κ2) is 7.81. The van der Waals surface area contributed by atoms with Crippen molar-refractivity contribution in [1.82, 2.24) is 14.4 Å². The van der Waals surface area contributed by atoms with Gasteiger partial charge in [-0.05, 0) is 43.3 Å². The summed E-state index contributed by atoms with van der Waals surface area (Å²) in [4.78, 5) is 21.3. The van der Waals surface area contributed by atoms with Crippen LogP contribution in [0.1, 0.15) is 5.69 Å². The van der Waals surface area contributed by atoms with Crippen LogP contribution >= 0.6 is 11.6 Å². The number of ether oxygens (including phenoxy) is 1. The standard InChI is InChI=1S/C21H18ClN5O2/c1-13-19(26-20-23-9-4-10-27(13)20)14-5-3-6-16(11-14)24-21(28)25-17-12-15(22)7-8-18(17)29-2/h3-12H,1-2H3,(H2,24,25,28). The van der Waals surface area contributed by atoms with Crippen LogP contribution in [0, 0.1) is 6.92 Å². The van der Waals surface area contributed by atoms with Gasteiger partial charge >= 0.3 is 6.03 Å². The fourth-order valence-corrected chi connectivity index (χ4v) is 3.25. The Morgan fingerprint density at radius 1 is 1.14 bits per heavy atom. The van der Waals surface area contributed by atoms with Crippen molar-refractivity contribution >= 4 is 34.8 Å². The SMILES string of the molecule is COc1ccc(Cl)cc1NC(=O)Nc1cccc(-c2nc3ncccn3c2C)c1. The van der Waals surface area contributed by atoms with Crippen LogP contribution in [-0.2, 0) is 0 Å². The number of aryl methyl sites for hydroxylation is 1. The quantitative estimate of drug-likeness (QED) is 0.498. The predicted octanol–water partition coefficient (Wildman–Crippen LogP) is 5.01. The number of hydrogen-bond acceptors (Lipinski definition) is 4. The lowest BCUT2D eigenvalue weighted by Gasteiger charge is -2.12. The molecule has 2 N–H and O–H groups in total. The number of fused-ring (bicyclic) bond motifs is 1. The molecule has 0 saturated heterocycles. The van der Waals surface area contributed by atoms with Crippen LogP contribution in [0.15, 0.2) is 60.9 Å².